The maximum absolute atomic E-state index is 13.8. The Morgan fingerprint density at radius 1 is 0.967 bits per heavy atom. The minimum absolute atomic E-state index is 0.0766. The number of hydrogen-bond donors (Lipinski definition) is 2. The molecule has 0 bridgehead atoms. The van der Waals surface area contributed by atoms with Crippen molar-refractivity contribution in [1.82, 2.24) is 5.32 Å². The van der Waals surface area contributed by atoms with Crippen LogP contribution in [0.4, 0.5) is 11.4 Å². The molecule has 2 aromatic carbocycles. The quantitative estimate of drug-likeness (QED) is 0.756. The van der Waals surface area contributed by atoms with E-state index < -0.39 is 17.4 Å². The number of fused-ring (bicyclic) bond motifs is 4. The first-order valence-corrected chi connectivity index (χ1v) is 10.4. The average molecular weight is 403 g/mol. The van der Waals surface area contributed by atoms with Crippen molar-refractivity contribution in [2.75, 3.05) is 10.2 Å². The number of nitrogens with zero attached hydrogens (tertiary/aromatic N) is 1. The Morgan fingerprint density at radius 3 is 2.43 bits per heavy atom. The molecule has 0 aliphatic carbocycles. The fourth-order valence-corrected chi connectivity index (χ4v) is 5.48. The van der Waals surface area contributed by atoms with Crippen LogP contribution in [0, 0.1) is 31.6 Å². The van der Waals surface area contributed by atoms with Crippen molar-refractivity contribution < 1.29 is 14.4 Å². The molecule has 3 aliphatic heterocycles. The van der Waals surface area contributed by atoms with Gasteiger partial charge in [-0.05, 0) is 43.0 Å². The van der Waals surface area contributed by atoms with Gasteiger partial charge in [0, 0.05) is 17.3 Å². The zero-order valence-corrected chi connectivity index (χ0v) is 17.5. The SMILES string of the molecule is Cc1cccc(N2C(=O)[C@H]3[C@@H](C2=O)[C@]2(N[C@H]3C(C)C)C(=O)Nc3ccccc32)c1C. The van der Waals surface area contributed by atoms with Crippen molar-refractivity contribution in [1.29, 1.82) is 0 Å². The summed E-state index contributed by atoms with van der Waals surface area (Å²) in [4.78, 5) is 42.1. The molecule has 2 saturated heterocycles. The Hall–Kier alpha value is -2.99. The Bertz CT molecular complexity index is 1110. The number of benzene rings is 2. The molecule has 3 amide bonds. The molecule has 4 atom stereocenters. The average Bonchev–Trinajstić information content (AvgIpc) is 3.30. The van der Waals surface area contributed by atoms with E-state index in [1.54, 1.807) is 0 Å². The number of carbonyl (C=O) groups excluding carboxylic acids is 3. The molecule has 0 unspecified atom stereocenters. The molecule has 3 aliphatic rings. The summed E-state index contributed by atoms with van der Waals surface area (Å²) >= 11 is 0. The summed E-state index contributed by atoms with van der Waals surface area (Å²) in [7, 11) is 0. The van der Waals surface area contributed by atoms with Crippen LogP contribution in [0.2, 0.25) is 0 Å². The Balaban J connectivity index is 1.71. The second-order valence-electron chi connectivity index (χ2n) is 8.96. The topological polar surface area (TPSA) is 78.5 Å². The first kappa shape index (κ1) is 19.0. The summed E-state index contributed by atoms with van der Waals surface area (Å²) in [5.74, 6) is -2.08. The van der Waals surface area contributed by atoms with Crippen LogP contribution in [-0.2, 0) is 19.9 Å². The number of amides is 3. The predicted octanol–water partition coefficient (Wildman–Crippen LogP) is 2.88. The Kier molecular flexibility index (Phi) is 3.96. The molecular weight excluding hydrogens is 378 g/mol. The second-order valence-corrected chi connectivity index (χ2v) is 8.96. The predicted molar refractivity (Wildman–Crippen MR) is 114 cm³/mol. The van der Waals surface area contributed by atoms with Gasteiger partial charge in [-0.15, -0.1) is 0 Å². The minimum Gasteiger partial charge on any atom is -0.324 e. The van der Waals surface area contributed by atoms with E-state index in [9.17, 15) is 14.4 Å². The van der Waals surface area contributed by atoms with Crippen LogP contribution in [0.1, 0.15) is 30.5 Å². The Morgan fingerprint density at radius 2 is 1.70 bits per heavy atom. The highest BCUT2D eigenvalue weighted by molar-refractivity contribution is 6.26. The van der Waals surface area contributed by atoms with E-state index in [4.69, 9.17) is 0 Å². The summed E-state index contributed by atoms with van der Waals surface area (Å²) in [6, 6.07) is 12.8. The van der Waals surface area contributed by atoms with Gasteiger partial charge in [-0.1, -0.05) is 44.2 Å². The van der Waals surface area contributed by atoms with Gasteiger partial charge in [-0.3, -0.25) is 19.7 Å². The first-order valence-electron chi connectivity index (χ1n) is 10.4. The van der Waals surface area contributed by atoms with Gasteiger partial charge in [0.25, 0.3) is 0 Å². The van der Waals surface area contributed by atoms with Crippen LogP contribution in [-0.4, -0.2) is 23.8 Å². The Labute approximate surface area is 175 Å². The van der Waals surface area contributed by atoms with Gasteiger partial charge in [-0.25, -0.2) is 4.90 Å². The molecule has 0 saturated carbocycles. The third-order valence-corrected chi connectivity index (χ3v) is 7.09. The van der Waals surface area contributed by atoms with Gasteiger partial charge < -0.3 is 5.32 Å². The van der Waals surface area contributed by atoms with Crippen LogP contribution in [0.15, 0.2) is 42.5 Å². The molecule has 6 nitrogen and oxygen atoms in total. The summed E-state index contributed by atoms with van der Waals surface area (Å²) in [6.45, 7) is 7.92. The molecule has 0 radical (unpaired) electrons. The van der Waals surface area contributed by atoms with E-state index in [-0.39, 0.29) is 29.7 Å². The maximum atomic E-state index is 13.8. The lowest BCUT2D eigenvalue weighted by Gasteiger charge is -2.30. The van der Waals surface area contributed by atoms with Crippen molar-refractivity contribution in [2.45, 2.75) is 39.3 Å². The van der Waals surface area contributed by atoms with Crippen molar-refractivity contribution in [3.63, 3.8) is 0 Å². The number of hydrogen-bond acceptors (Lipinski definition) is 4. The normalized spacial score (nSPS) is 29.7. The van der Waals surface area contributed by atoms with Gasteiger partial charge in [0.2, 0.25) is 17.7 Å². The zero-order chi connectivity index (χ0) is 21.4. The number of anilines is 2. The zero-order valence-electron chi connectivity index (χ0n) is 17.5. The van der Waals surface area contributed by atoms with Crippen LogP contribution in [0.3, 0.4) is 0 Å². The number of aryl methyl sites for hydroxylation is 1. The molecule has 2 N–H and O–H groups in total. The minimum atomic E-state index is -1.23. The maximum Gasteiger partial charge on any atom is 0.250 e. The highest BCUT2D eigenvalue weighted by Crippen LogP contribution is 2.54. The molecule has 30 heavy (non-hydrogen) atoms. The smallest absolute Gasteiger partial charge is 0.250 e. The molecular formula is C24H25N3O3. The standard InChI is InChI=1S/C24H25N3O3/c1-12(2)20-18-19(24(26-20)15-9-5-6-10-16(15)25-23(24)30)22(29)27(21(18)28)17-11-7-8-13(3)14(17)4/h5-12,18-20,26H,1-4H3,(H,25,30)/t18-,19-,20-,24-/m0/s1. The fraction of sp³-hybridized carbons (Fsp3) is 0.375. The van der Waals surface area contributed by atoms with Crippen molar-refractivity contribution in [2.24, 2.45) is 17.8 Å². The number of carbonyl (C=O) groups is 3. The van der Waals surface area contributed by atoms with Crippen LogP contribution >= 0.6 is 0 Å². The van der Waals surface area contributed by atoms with E-state index >= 15 is 0 Å². The van der Waals surface area contributed by atoms with Crippen LogP contribution < -0.4 is 15.5 Å². The number of nitrogens with one attached hydrogen (secondary N) is 2. The highest BCUT2D eigenvalue weighted by atomic mass is 16.2. The third kappa shape index (κ3) is 2.20. The highest BCUT2D eigenvalue weighted by Gasteiger charge is 2.71. The first-order chi connectivity index (χ1) is 14.3. The van der Waals surface area contributed by atoms with E-state index in [0.717, 1.165) is 16.7 Å². The molecule has 6 heteroatoms. The van der Waals surface area contributed by atoms with E-state index in [1.807, 2.05) is 70.2 Å². The lowest BCUT2D eigenvalue weighted by molar-refractivity contribution is -0.130. The van der Waals surface area contributed by atoms with Gasteiger partial charge >= 0.3 is 0 Å². The molecule has 2 aromatic rings. The molecule has 2 fully saturated rings. The fourth-order valence-electron chi connectivity index (χ4n) is 5.48. The molecule has 1 spiro atoms. The van der Waals surface area contributed by atoms with E-state index in [0.29, 0.717) is 11.4 Å². The third-order valence-electron chi connectivity index (χ3n) is 7.09. The van der Waals surface area contributed by atoms with E-state index in [2.05, 4.69) is 10.6 Å². The second kappa shape index (κ2) is 6.25. The van der Waals surface area contributed by atoms with Gasteiger partial charge in [0.05, 0.1) is 17.5 Å². The summed E-state index contributed by atoms with van der Waals surface area (Å²) < 4.78 is 0. The van der Waals surface area contributed by atoms with Gasteiger partial charge in [0.1, 0.15) is 5.54 Å². The number of imide groups is 1. The van der Waals surface area contributed by atoms with Crippen LogP contribution in [0.5, 0.6) is 0 Å². The molecule has 154 valence electrons. The van der Waals surface area contributed by atoms with Crippen molar-refractivity contribution >= 4 is 29.1 Å². The summed E-state index contributed by atoms with van der Waals surface area (Å²) in [6.07, 6.45) is 0. The van der Waals surface area contributed by atoms with Crippen LogP contribution in [0.25, 0.3) is 0 Å². The monoisotopic (exact) mass is 403 g/mol. The number of para-hydroxylation sites is 1. The lowest BCUT2D eigenvalue weighted by atomic mass is 9.76. The van der Waals surface area contributed by atoms with Crippen molar-refractivity contribution in [3.8, 4) is 0 Å². The summed E-state index contributed by atoms with van der Waals surface area (Å²) in [5, 5.41) is 6.38. The van der Waals surface area contributed by atoms with E-state index in [1.165, 1.54) is 4.90 Å². The largest absolute Gasteiger partial charge is 0.324 e. The molecule has 0 aromatic heterocycles. The molecule has 3 heterocycles. The lowest BCUT2D eigenvalue weighted by Crippen LogP contribution is -2.54. The van der Waals surface area contributed by atoms with Gasteiger partial charge in [-0.2, -0.15) is 0 Å². The number of rotatable bonds is 2. The van der Waals surface area contributed by atoms with Crippen molar-refractivity contribution in [3.05, 3.63) is 59.2 Å². The summed E-state index contributed by atoms with van der Waals surface area (Å²) in [5.41, 5.74) is 2.75. The molecule has 5 rings (SSSR count). The van der Waals surface area contributed by atoms with Gasteiger partial charge in [0.15, 0.2) is 0 Å².